The summed E-state index contributed by atoms with van der Waals surface area (Å²) in [5, 5.41) is 0.690. The van der Waals surface area contributed by atoms with Crippen LogP contribution in [0.1, 0.15) is 5.69 Å². The van der Waals surface area contributed by atoms with Crippen molar-refractivity contribution in [3.63, 3.8) is 0 Å². The van der Waals surface area contributed by atoms with E-state index in [-0.39, 0.29) is 5.82 Å². The minimum absolute atomic E-state index is 0.254. The molecule has 1 fully saturated rings. The van der Waals surface area contributed by atoms with E-state index in [1.807, 2.05) is 28.8 Å². The SMILES string of the molecule is Fc1ccc(-c2nc(CCN3CCOCC3)cn2-c2ccc(Cl)cc2)cc1. The number of hydrogen-bond donors (Lipinski definition) is 0. The third-order valence-corrected chi connectivity index (χ3v) is 5.00. The second-order valence-electron chi connectivity index (χ2n) is 6.61. The maximum Gasteiger partial charge on any atom is 0.144 e. The Kier molecular flexibility index (Phi) is 5.53. The molecule has 0 unspecified atom stereocenters. The highest BCUT2D eigenvalue weighted by molar-refractivity contribution is 6.30. The van der Waals surface area contributed by atoms with Crippen molar-refractivity contribution in [2.45, 2.75) is 6.42 Å². The fourth-order valence-corrected chi connectivity index (χ4v) is 3.37. The van der Waals surface area contributed by atoms with Crippen molar-refractivity contribution in [1.82, 2.24) is 14.5 Å². The quantitative estimate of drug-likeness (QED) is 0.659. The molecule has 2 heterocycles. The Morgan fingerprint density at radius 3 is 2.41 bits per heavy atom. The molecule has 1 saturated heterocycles. The lowest BCUT2D eigenvalue weighted by Gasteiger charge is -2.26. The van der Waals surface area contributed by atoms with E-state index in [9.17, 15) is 4.39 Å². The summed E-state index contributed by atoms with van der Waals surface area (Å²) >= 11 is 6.03. The van der Waals surface area contributed by atoms with E-state index in [1.54, 1.807) is 12.1 Å². The molecule has 0 radical (unpaired) electrons. The maximum atomic E-state index is 13.3. The van der Waals surface area contributed by atoms with Crippen molar-refractivity contribution in [1.29, 1.82) is 0 Å². The standard InChI is InChI=1S/C21H21ClFN3O/c22-17-3-7-20(8-4-17)26-15-19(9-10-25-11-13-27-14-12-25)24-21(26)16-1-5-18(23)6-2-16/h1-8,15H,9-14H2. The van der Waals surface area contributed by atoms with Crippen LogP contribution in [-0.2, 0) is 11.2 Å². The van der Waals surface area contributed by atoms with Crippen LogP contribution in [0.4, 0.5) is 4.39 Å². The van der Waals surface area contributed by atoms with Crippen LogP contribution in [0.2, 0.25) is 5.02 Å². The van der Waals surface area contributed by atoms with Gasteiger partial charge in [0.15, 0.2) is 0 Å². The molecule has 0 bridgehead atoms. The van der Waals surface area contributed by atoms with Gasteiger partial charge in [-0.25, -0.2) is 9.37 Å². The fraction of sp³-hybridized carbons (Fsp3) is 0.286. The van der Waals surface area contributed by atoms with Gasteiger partial charge in [0.2, 0.25) is 0 Å². The predicted molar refractivity (Wildman–Crippen MR) is 105 cm³/mol. The largest absolute Gasteiger partial charge is 0.379 e. The van der Waals surface area contributed by atoms with Crippen molar-refractivity contribution >= 4 is 11.6 Å². The van der Waals surface area contributed by atoms with Gasteiger partial charge < -0.3 is 4.74 Å². The first-order valence-electron chi connectivity index (χ1n) is 9.09. The van der Waals surface area contributed by atoms with Crippen molar-refractivity contribution in [3.05, 3.63) is 71.3 Å². The average molecular weight is 386 g/mol. The number of aromatic nitrogens is 2. The molecule has 1 aromatic heterocycles. The number of halogens is 2. The van der Waals surface area contributed by atoms with Crippen LogP contribution < -0.4 is 0 Å². The summed E-state index contributed by atoms with van der Waals surface area (Å²) in [4.78, 5) is 7.23. The molecule has 140 valence electrons. The number of rotatable bonds is 5. The molecule has 6 heteroatoms. The zero-order valence-corrected chi connectivity index (χ0v) is 15.7. The summed E-state index contributed by atoms with van der Waals surface area (Å²) in [5.74, 6) is 0.546. The Morgan fingerprint density at radius 1 is 1.00 bits per heavy atom. The summed E-state index contributed by atoms with van der Waals surface area (Å²) in [6.45, 7) is 4.45. The molecule has 0 N–H and O–H groups in total. The number of ether oxygens (including phenoxy) is 1. The summed E-state index contributed by atoms with van der Waals surface area (Å²) in [7, 11) is 0. The number of morpholine rings is 1. The molecular weight excluding hydrogens is 365 g/mol. The smallest absolute Gasteiger partial charge is 0.144 e. The van der Waals surface area contributed by atoms with Crippen LogP contribution in [0.5, 0.6) is 0 Å². The lowest BCUT2D eigenvalue weighted by atomic mass is 10.2. The first-order chi connectivity index (χ1) is 13.2. The summed E-state index contributed by atoms with van der Waals surface area (Å²) < 4.78 is 20.8. The fourth-order valence-electron chi connectivity index (χ4n) is 3.25. The monoisotopic (exact) mass is 385 g/mol. The Balaban J connectivity index is 1.63. The van der Waals surface area contributed by atoms with Crippen molar-refractivity contribution < 1.29 is 9.13 Å². The van der Waals surface area contributed by atoms with Crippen LogP contribution in [0.3, 0.4) is 0 Å². The Labute approximate surface area is 163 Å². The molecule has 3 aromatic rings. The first kappa shape index (κ1) is 18.2. The number of imidazole rings is 1. The van der Waals surface area contributed by atoms with E-state index in [1.165, 1.54) is 12.1 Å². The van der Waals surface area contributed by atoms with Crippen LogP contribution in [0, 0.1) is 5.82 Å². The molecule has 2 aromatic carbocycles. The van der Waals surface area contributed by atoms with Gasteiger partial charge in [-0.15, -0.1) is 0 Å². The lowest BCUT2D eigenvalue weighted by Crippen LogP contribution is -2.37. The molecule has 1 aliphatic heterocycles. The van der Waals surface area contributed by atoms with E-state index in [0.717, 1.165) is 62.0 Å². The van der Waals surface area contributed by atoms with E-state index >= 15 is 0 Å². The van der Waals surface area contributed by atoms with Gasteiger partial charge in [-0.2, -0.15) is 0 Å². The van der Waals surface area contributed by atoms with Gasteiger partial charge in [-0.05, 0) is 48.5 Å². The van der Waals surface area contributed by atoms with Gasteiger partial charge in [-0.3, -0.25) is 9.47 Å². The summed E-state index contributed by atoms with van der Waals surface area (Å²) in [5.41, 5.74) is 2.86. The molecule has 0 saturated carbocycles. The van der Waals surface area contributed by atoms with E-state index in [2.05, 4.69) is 11.1 Å². The second kappa shape index (κ2) is 8.21. The molecule has 1 aliphatic rings. The van der Waals surface area contributed by atoms with E-state index in [4.69, 9.17) is 21.3 Å². The minimum Gasteiger partial charge on any atom is -0.379 e. The van der Waals surface area contributed by atoms with Gasteiger partial charge in [-0.1, -0.05) is 11.6 Å². The van der Waals surface area contributed by atoms with Crippen molar-refractivity contribution in [3.8, 4) is 17.1 Å². The predicted octanol–water partition coefficient (Wildman–Crippen LogP) is 4.21. The molecule has 0 spiro atoms. The molecule has 4 rings (SSSR count). The zero-order chi connectivity index (χ0) is 18.6. The molecule has 4 nitrogen and oxygen atoms in total. The highest BCUT2D eigenvalue weighted by Gasteiger charge is 2.15. The molecule has 0 atom stereocenters. The lowest BCUT2D eigenvalue weighted by molar-refractivity contribution is 0.0383. The Hall–Kier alpha value is -2.21. The summed E-state index contributed by atoms with van der Waals surface area (Å²) in [6, 6.07) is 14.1. The summed E-state index contributed by atoms with van der Waals surface area (Å²) in [6.07, 6.45) is 2.91. The average Bonchev–Trinajstić information content (AvgIpc) is 3.13. The first-order valence-corrected chi connectivity index (χ1v) is 9.47. The highest BCUT2D eigenvalue weighted by Crippen LogP contribution is 2.24. The van der Waals surface area contributed by atoms with E-state index < -0.39 is 0 Å². The number of benzene rings is 2. The van der Waals surface area contributed by atoms with E-state index in [0.29, 0.717) is 5.02 Å². The molecule has 0 amide bonds. The maximum absolute atomic E-state index is 13.3. The van der Waals surface area contributed by atoms with Crippen LogP contribution >= 0.6 is 11.6 Å². The van der Waals surface area contributed by atoms with Crippen LogP contribution in [-0.4, -0.2) is 47.3 Å². The van der Waals surface area contributed by atoms with Gasteiger partial charge in [0.05, 0.1) is 18.9 Å². The molecule has 0 aliphatic carbocycles. The number of hydrogen-bond acceptors (Lipinski definition) is 3. The highest BCUT2D eigenvalue weighted by atomic mass is 35.5. The van der Waals surface area contributed by atoms with Gasteiger partial charge >= 0.3 is 0 Å². The van der Waals surface area contributed by atoms with Crippen LogP contribution in [0.25, 0.3) is 17.1 Å². The van der Waals surface area contributed by atoms with Crippen molar-refractivity contribution in [2.24, 2.45) is 0 Å². The topological polar surface area (TPSA) is 30.3 Å². The van der Waals surface area contributed by atoms with Crippen LogP contribution in [0.15, 0.2) is 54.7 Å². The zero-order valence-electron chi connectivity index (χ0n) is 14.9. The van der Waals surface area contributed by atoms with Gasteiger partial charge in [0.1, 0.15) is 11.6 Å². The molecular formula is C21H21ClFN3O. The minimum atomic E-state index is -0.254. The molecule has 27 heavy (non-hydrogen) atoms. The number of nitrogens with zero attached hydrogens (tertiary/aromatic N) is 3. The second-order valence-corrected chi connectivity index (χ2v) is 7.05. The Morgan fingerprint density at radius 2 is 1.70 bits per heavy atom. The normalized spacial score (nSPS) is 15.2. The third kappa shape index (κ3) is 4.38. The third-order valence-electron chi connectivity index (χ3n) is 4.75. The van der Waals surface area contributed by atoms with Crippen molar-refractivity contribution in [2.75, 3.05) is 32.8 Å². The Bertz CT molecular complexity index is 824. The van der Waals surface area contributed by atoms with Gasteiger partial charge in [0.25, 0.3) is 0 Å². The van der Waals surface area contributed by atoms with Gasteiger partial charge in [0, 0.05) is 48.5 Å².